The number of unbranched alkanes of at least 4 members (excludes halogenated alkanes) is 3. The van der Waals surface area contributed by atoms with Gasteiger partial charge in [-0.15, -0.1) is 0 Å². The third kappa shape index (κ3) is 5.10. The highest BCUT2D eigenvalue weighted by Gasteiger charge is 2.11. The third-order valence-corrected chi connectivity index (χ3v) is 4.92. The first-order chi connectivity index (χ1) is 13.2. The smallest absolute Gasteiger partial charge is 0.251 e. The molecule has 0 spiro atoms. The van der Waals surface area contributed by atoms with Crippen LogP contribution in [0.25, 0.3) is 11.0 Å². The molecule has 142 valence electrons. The molecule has 27 heavy (non-hydrogen) atoms. The number of hydrogen-bond donors (Lipinski definition) is 1. The Morgan fingerprint density at radius 3 is 2.78 bits per heavy atom. The molecule has 1 amide bonds. The largest absolute Gasteiger partial charge is 0.352 e. The summed E-state index contributed by atoms with van der Waals surface area (Å²) in [6.07, 6.45) is 5.57. The second-order valence-electron chi connectivity index (χ2n) is 6.75. The van der Waals surface area contributed by atoms with Gasteiger partial charge >= 0.3 is 0 Å². The van der Waals surface area contributed by atoms with Gasteiger partial charge in [0, 0.05) is 30.1 Å². The van der Waals surface area contributed by atoms with Crippen molar-refractivity contribution in [2.24, 2.45) is 0 Å². The average molecular weight is 384 g/mol. The van der Waals surface area contributed by atoms with Crippen LogP contribution in [0.2, 0.25) is 5.02 Å². The molecule has 4 nitrogen and oxygen atoms in total. The van der Waals surface area contributed by atoms with Crippen LogP contribution in [0.4, 0.5) is 0 Å². The number of nitrogens with one attached hydrogen (secondary N) is 1. The molecule has 0 aliphatic heterocycles. The number of hydrogen-bond acceptors (Lipinski definition) is 2. The second kappa shape index (κ2) is 9.56. The molecule has 0 fully saturated rings. The van der Waals surface area contributed by atoms with Crippen molar-refractivity contribution in [2.45, 2.75) is 45.6 Å². The predicted molar refractivity (Wildman–Crippen MR) is 111 cm³/mol. The molecule has 0 saturated heterocycles. The van der Waals surface area contributed by atoms with Crippen LogP contribution >= 0.6 is 11.6 Å². The number of halogens is 1. The Balaban J connectivity index is 1.65. The normalized spacial score (nSPS) is 11.0. The van der Waals surface area contributed by atoms with E-state index in [0.29, 0.717) is 23.6 Å². The summed E-state index contributed by atoms with van der Waals surface area (Å²) in [5.74, 6) is 0.919. The van der Waals surface area contributed by atoms with Gasteiger partial charge in [-0.3, -0.25) is 4.79 Å². The molecule has 0 unspecified atom stereocenters. The third-order valence-electron chi connectivity index (χ3n) is 4.69. The maximum Gasteiger partial charge on any atom is 0.251 e. The molecule has 5 heteroatoms. The number of carbonyl (C=O) groups is 1. The van der Waals surface area contributed by atoms with Crippen molar-refractivity contribution < 1.29 is 4.79 Å². The zero-order chi connectivity index (χ0) is 19.1. The van der Waals surface area contributed by atoms with E-state index in [2.05, 4.69) is 28.9 Å². The van der Waals surface area contributed by atoms with E-state index < -0.39 is 0 Å². The van der Waals surface area contributed by atoms with Gasteiger partial charge in [0.2, 0.25) is 0 Å². The first-order valence-electron chi connectivity index (χ1n) is 9.67. The summed E-state index contributed by atoms with van der Waals surface area (Å²) < 4.78 is 2.30. The Morgan fingerprint density at radius 1 is 1.11 bits per heavy atom. The highest BCUT2D eigenvalue weighted by Crippen LogP contribution is 2.18. The number of amides is 1. The molecule has 3 aromatic rings. The number of benzene rings is 2. The lowest BCUT2D eigenvalue weighted by molar-refractivity contribution is 0.0954. The first-order valence-corrected chi connectivity index (χ1v) is 10.0. The summed E-state index contributed by atoms with van der Waals surface area (Å²) in [6.45, 7) is 3.74. The van der Waals surface area contributed by atoms with Gasteiger partial charge in [-0.2, -0.15) is 0 Å². The average Bonchev–Trinajstić information content (AvgIpc) is 3.02. The van der Waals surface area contributed by atoms with Crippen molar-refractivity contribution in [2.75, 3.05) is 6.54 Å². The highest BCUT2D eigenvalue weighted by molar-refractivity contribution is 6.30. The number of fused-ring (bicyclic) bond motifs is 1. The number of aryl methyl sites for hydroxylation is 1. The van der Waals surface area contributed by atoms with Gasteiger partial charge < -0.3 is 9.88 Å². The van der Waals surface area contributed by atoms with Gasteiger partial charge in [-0.25, -0.2) is 4.98 Å². The van der Waals surface area contributed by atoms with Crippen molar-refractivity contribution in [3.8, 4) is 0 Å². The Labute approximate surface area is 165 Å². The summed E-state index contributed by atoms with van der Waals surface area (Å²) >= 11 is 5.96. The lowest BCUT2D eigenvalue weighted by Gasteiger charge is -2.10. The number of para-hydroxylation sites is 2. The molecule has 0 aliphatic carbocycles. The molecule has 2 aromatic carbocycles. The molecule has 1 heterocycles. The Bertz CT molecular complexity index is 903. The van der Waals surface area contributed by atoms with Gasteiger partial charge in [0.25, 0.3) is 5.91 Å². The van der Waals surface area contributed by atoms with E-state index in [0.717, 1.165) is 24.3 Å². The number of aromatic nitrogens is 2. The summed E-state index contributed by atoms with van der Waals surface area (Å²) in [4.78, 5) is 17.1. The quantitative estimate of drug-likeness (QED) is 0.513. The maximum atomic E-state index is 12.3. The van der Waals surface area contributed by atoms with Crippen LogP contribution in [0, 0.1) is 0 Å². The molecule has 0 radical (unpaired) electrons. The fraction of sp³-hybridized carbons (Fsp3) is 0.364. The molecular weight excluding hydrogens is 358 g/mol. The first kappa shape index (κ1) is 19.4. The SMILES string of the molecule is CCCCCCn1c(CCNC(=O)c2cccc(Cl)c2)nc2ccccc21. The molecule has 0 bridgehead atoms. The lowest BCUT2D eigenvalue weighted by atomic mass is 10.2. The maximum absolute atomic E-state index is 12.3. The fourth-order valence-corrected chi connectivity index (χ4v) is 3.47. The molecule has 0 aliphatic rings. The van der Waals surface area contributed by atoms with Crippen LogP contribution in [-0.2, 0) is 13.0 Å². The standard InChI is InChI=1S/C22H26ClN3O/c1-2-3-4-7-15-26-20-12-6-5-11-19(20)25-21(26)13-14-24-22(27)17-9-8-10-18(23)16-17/h5-6,8-12,16H,2-4,7,13-15H2,1H3,(H,24,27). The van der Waals surface area contributed by atoms with E-state index in [-0.39, 0.29) is 5.91 Å². The molecule has 3 rings (SSSR count). The molecule has 1 N–H and O–H groups in total. The number of nitrogens with zero attached hydrogens (tertiary/aromatic N) is 2. The minimum Gasteiger partial charge on any atom is -0.352 e. The monoisotopic (exact) mass is 383 g/mol. The Kier molecular flexibility index (Phi) is 6.88. The van der Waals surface area contributed by atoms with Gasteiger partial charge in [-0.1, -0.05) is 56.0 Å². The van der Waals surface area contributed by atoms with E-state index in [1.165, 1.54) is 24.8 Å². The van der Waals surface area contributed by atoms with Crippen molar-refractivity contribution in [1.82, 2.24) is 14.9 Å². The minimum atomic E-state index is -0.108. The van der Waals surface area contributed by atoms with Crippen molar-refractivity contribution in [1.29, 1.82) is 0 Å². The number of carbonyl (C=O) groups excluding carboxylic acids is 1. The molecular formula is C22H26ClN3O. The van der Waals surface area contributed by atoms with E-state index in [4.69, 9.17) is 16.6 Å². The van der Waals surface area contributed by atoms with Crippen LogP contribution in [0.1, 0.15) is 48.8 Å². The summed E-state index contributed by atoms with van der Waals surface area (Å²) in [5, 5.41) is 3.54. The van der Waals surface area contributed by atoms with E-state index >= 15 is 0 Å². The van der Waals surface area contributed by atoms with E-state index in [9.17, 15) is 4.79 Å². The minimum absolute atomic E-state index is 0.108. The molecule has 1 aromatic heterocycles. The number of rotatable bonds is 9. The Morgan fingerprint density at radius 2 is 1.96 bits per heavy atom. The predicted octanol–water partition coefficient (Wildman–Crippen LogP) is 5.24. The number of imidazole rings is 1. The zero-order valence-corrected chi connectivity index (χ0v) is 16.5. The van der Waals surface area contributed by atoms with E-state index in [1.54, 1.807) is 24.3 Å². The van der Waals surface area contributed by atoms with Crippen LogP contribution in [0.3, 0.4) is 0 Å². The van der Waals surface area contributed by atoms with Gasteiger partial charge in [0.05, 0.1) is 11.0 Å². The van der Waals surface area contributed by atoms with Gasteiger partial charge in [-0.05, 0) is 36.8 Å². The second-order valence-corrected chi connectivity index (χ2v) is 7.18. The zero-order valence-electron chi connectivity index (χ0n) is 15.7. The Hall–Kier alpha value is -2.33. The van der Waals surface area contributed by atoms with Crippen LogP contribution in [-0.4, -0.2) is 22.0 Å². The molecule has 0 atom stereocenters. The van der Waals surface area contributed by atoms with Crippen LogP contribution < -0.4 is 5.32 Å². The molecule has 0 saturated carbocycles. The van der Waals surface area contributed by atoms with Crippen molar-refractivity contribution >= 4 is 28.5 Å². The van der Waals surface area contributed by atoms with Crippen LogP contribution in [0.5, 0.6) is 0 Å². The summed E-state index contributed by atoms with van der Waals surface area (Å²) in [6, 6.07) is 15.2. The lowest BCUT2D eigenvalue weighted by Crippen LogP contribution is -2.26. The fourth-order valence-electron chi connectivity index (χ4n) is 3.28. The van der Waals surface area contributed by atoms with Gasteiger partial charge in [0.15, 0.2) is 0 Å². The van der Waals surface area contributed by atoms with E-state index in [1.807, 2.05) is 12.1 Å². The van der Waals surface area contributed by atoms with Gasteiger partial charge in [0.1, 0.15) is 5.82 Å². The van der Waals surface area contributed by atoms with Crippen molar-refractivity contribution in [3.05, 3.63) is 64.9 Å². The summed E-state index contributed by atoms with van der Waals surface area (Å²) in [5.41, 5.74) is 2.77. The summed E-state index contributed by atoms with van der Waals surface area (Å²) in [7, 11) is 0. The van der Waals surface area contributed by atoms with Crippen molar-refractivity contribution in [3.63, 3.8) is 0 Å². The topological polar surface area (TPSA) is 46.9 Å². The van der Waals surface area contributed by atoms with Crippen LogP contribution in [0.15, 0.2) is 48.5 Å². The highest BCUT2D eigenvalue weighted by atomic mass is 35.5.